The van der Waals surface area contributed by atoms with Crippen molar-refractivity contribution in [3.63, 3.8) is 0 Å². The zero-order valence-electron chi connectivity index (χ0n) is 10.4. The summed E-state index contributed by atoms with van der Waals surface area (Å²) in [6.45, 7) is 5.64. The third-order valence-electron chi connectivity index (χ3n) is 2.08. The van der Waals surface area contributed by atoms with Gasteiger partial charge in [-0.05, 0) is 5.92 Å². The zero-order chi connectivity index (χ0) is 12.1. The van der Waals surface area contributed by atoms with Crippen LogP contribution in [-0.4, -0.2) is 30.7 Å². The van der Waals surface area contributed by atoms with Crippen LogP contribution in [0.3, 0.4) is 0 Å². The molecule has 0 aliphatic heterocycles. The van der Waals surface area contributed by atoms with Gasteiger partial charge in [0.05, 0.1) is 0 Å². The van der Waals surface area contributed by atoms with Gasteiger partial charge in [0.25, 0.3) is 0 Å². The highest BCUT2D eigenvalue weighted by Gasteiger charge is 2.08. The van der Waals surface area contributed by atoms with Crippen molar-refractivity contribution in [2.75, 3.05) is 31.3 Å². The molecule has 5 heteroatoms. The van der Waals surface area contributed by atoms with Crippen LogP contribution in [-0.2, 0) is 11.3 Å². The molecule has 0 saturated carbocycles. The Labute approximate surface area is 96.6 Å². The summed E-state index contributed by atoms with van der Waals surface area (Å²) in [5.74, 6) is 2.51. The number of rotatable bonds is 5. The predicted molar refractivity (Wildman–Crippen MR) is 65.3 cm³/mol. The molecule has 16 heavy (non-hydrogen) atoms. The van der Waals surface area contributed by atoms with Gasteiger partial charge < -0.3 is 15.4 Å². The smallest absolute Gasteiger partial charge is 0.158 e. The Bertz CT molecular complexity index is 341. The summed E-state index contributed by atoms with van der Waals surface area (Å²) in [5, 5.41) is 0. The fourth-order valence-corrected chi connectivity index (χ4v) is 1.53. The molecule has 90 valence electrons. The number of methoxy groups -OCH3 is 1. The van der Waals surface area contributed by atoms with Crippen molar-refractivity contribution >= 4 is 11.6 Å². The van der Waals surface area contributed by atoms with Gasteiger partial charge in [0.2, 0.25) is 0 Å². The van der Waals surface area contributed by atoms with Crippen LogP contribution in [0.15, 0.2) is 6.07 Å². The molecule has 0 radical (unpaired) electrons. The Morgan fingerprint density at radius 2 is 2.12 bits per heavy atom. The summed E-state index contributed by atoms with van der Waals surface area (Å²) in [6, 6.07) is 1.78. The van der Waals surface area contributed by atoms with E-state index < -0.39 is 0 Å². The standard InChI is InChI=1S/C11H20N4O/c1-8(2)6-15(3)11-5-9(12)13-10(14-11)7-16-4/h5,8H,6-7H2,1-4H3,(H2,12,13,14). The number of nitrogens with zero attached hydrogens (tertiary/aromatic N) is 3. The average molecular weight is 224 g/mol. The fourth-order valence-electron chi connectivity index (χ4n) is 1.53. The zero-order valence-corrected chi connectivity index (χ0v) is 10.4. The second kappa shape index (κ2) is 5.65. The van der Waals surface area contributed by atoms with Gasteiger partial charge >= 0.3 is 0 Å². The first kappa shape index (κ1) is 12.7. The Kier molecular flexibility index (Phi) is 4.49. The molecule has 1 heterocycles. The monoisotopic (exact) mass is 224 g/mol. The van der Waals surface area contributed by atoms with Crippen LogP contribution in [0.2, 0.25) is 0 Å². The molecule has 0 amide bonds. The van der Waals surface area contributed by atoms with Crippen LogP contribution in [0.4, 0.5) is 11.6 Å². The van der Waals surface area contributed by atoms with E-state index in [1.165, 1.54) is 0 Å². The summed E-state index contributed by atoms with van der Waals surface area (Å²) in [5.41, 5.74) is 5.72. The van der Waals surface area contributed by atoms with E-state index in [0.29, 0.717) is 24.2 Å². The van der Waals surface area contributed by atoms with Gasteiger partial charge in [0.1, 0.15) is 18.2 Å². The molecule has 1 aromatic rings. The lowest BCUT2D eigenvalue weighted by Gasteiger charge is -2.20. The summed E-state index contributed by atoms with van der Waals surface area (Å²) in [6.07, 6.45) is 0. The number of aromatic nitrogens is 2. The minimum atomic E-state index is 0.382. The maximum absolute atomic E-state index is 5.72. The maximum atomic E-state index is 5.72. The molecule has 0 fully saturated rings. The third kappa shape index (κ3) is 3.66. The largest absolute Gasteiger partial charge is 0.384 e. The number of anilines is 2. The summed E-state index contributed by atoms with van der Waals surface area (Å²) >= 11 is 0. The molecule has 0 aliphatic carbocycles. The van der Waals surface area contributed by atoms with E-state index in [1.807, 2.05) is 7.05 Å². The topological polar surface area (TPSA) is 64.3 Å². The van der Waals surface area contributed by atoms with Gasteiger partial charge in [-0.1, -0.05) is 13.8 Å². The molecule has 0 bridgehead atoms. The first-order valence-electron chi connectivity index (χ1n) is 5.36. The minimum absolute atomic E-state index is 0.382. The van der Waals surface area contributed by atoms with E-state index in [4.69, 9.17) is 10.5 Å². The van der Waals surface area contributed by atoms with Crippen molar-refractivity contribution in [1.29, 1.82) is 0 Å². The quantitative estimate of drug-likeness (QED) is 0.816. The van der Waals surface area contributed by atoms with Crippen molar-refractivity contribution in [3.8, 4) is 0 Å². The highest BCUT2D eigenvalue weighted by atomic mass is 16.5. The Hall–Kier alpha value is -1.36. The molecule has 0 aliphatic rings. The normalized spacial score (nSPS) is 10.8. The Balaban J connectivity index is 2.86. The van der Waals surface area contributed by atoms with Crippen LogP contribution in [0.1, 0.15) is 19.7 Å². The van der Waals surface area contributed by atoms with Gasteiger partial charge in [0.15, 0.2) is 5.82 Å². The van der Waals surface area contributed by atoms with Crippen molar-refractivity contribution < 1.29 is 4.74 Å². The van der Waals surface area contributed by atoms with Crippen LogP contribution >= 0.6 is 0 Å². The third-order valence-corrected chi connectivity index (χ3v) is 2.08. The summed E-state index contributed by atoms with van der Waals surface area (Å²) in [7, 11) is 3.61. The number of ether oxygens (including phenoxy) is 1. The lowest BCUT2D eigenvalue weighted by molar-refractivity contribution is 0.178. The number of hydrogen-bond donors (Lipinski definition) is 1. The average Bonchev–Trinajstić information content (AvgIpc) is 2.16. The van der Waals surface area contributed by atoms with Crippen LogP contribution < -0.4 is 10.6 Å². The summed E-state index contributed by atoms with van der Waals surface area (Å²) < 4.78 is 5.00. The number of nitrogen functional groups attached to an aromatic ring is 1. The molecule has 0 unspecified atom stereocenters. The van der Waals surface area contributed by atoms with Crippen LogP contribution in [0.25, 0.3) is 0 Å². The van der Waals surface area contributed by atoms with E-state index in [1.54, 1.807) is 13.2 Å². The first-order chi connectivity index (χ1) is 7.52. The van der Waals surface area contributed by atoms with E-state index >= 15 is 0 Å². The predicted octanol–water partition coefficient (Wildman–Crippen LogP) is 1.30. The molecule has 0 aromatic carbocycles. The van der Waals surface area contributed by atoms with Crippen LogP contribution in [0.5, 0.6) is 0 Å². The SMILES string of the molecule is COCc1nc(N)cc(N(C)CC(C)C)n1. The van der Waals surface area contributed by atoms with E-state index in [2.05, 4.69) is 28.7 Å². The molecular weight excluding hydrogens is 204 g/mol. The van der Waals surface area contributed by atoms with Gasteiger partial charge in [-0.15, -0.1) is 0 Å². The second-order valence-corrected chi connectivity index (χ2v) is 4.27. The lowest BCUT2D eigenvalue weighted by Crippen LogP contribution is -2.24. The van der Waals surface area contributed by atoms with Gasteiger partial charge in [0, 0.05) is 26.8 Å². The highest BCUT2D eigenvalue weighted by molar-refractivity contribution is 5.46. The van der Waals surface area contributed by atoms with Crippen molar-refractivity contribution in [2.24, 2.45) is 5.92 Å². The first-order valence-corrected chi connectivity index (χ1v) is 5.36. The summed E-state index contributed by atoms with van der Waals surface area (Å²) in [4.78, 5) is 10.6. The molecule has 0 atom stereocenters. The number of nitrogens with two attached hydrogens (primary N) is 1. The molecule has 0 spiro atoms. The maximum Gasteiger partial charge on any atom is 0.158 e. The number of hydrogen-bond acceptors (Lipinski definition) is 5. The van der Waals surface area contributed by atoms with Crippen molar-refractivity contribution in [1.82, 2.24) is 9.97 Å². The van der Waals surface area contributed by atoms with E-state index in [0.717, 1.165) is 12.4 Å². The molecular formula is C11H20N4O. The minimum Gasteiger partial charge on any atom is -0.384 e. The van der Waals surface area contributed by atoms with Gasteiger partial charge in [-0.3, -0.25) is 0 Å². The molecule has 0 saturated heterocycles. The Morgan fingerprint density at radius 3 is 2.69 bits per heavy atom. The van der Waals surface area contributed by atoms with Crippen molar-refractivity contribution in [2.45, 2.75) is 20.5 Å². The molecule has 1 aromatic heterocycles. The van der Waals surface area contributed by atoms with Gasteiger partial charge in [-0.2, -0.15) is 0 Å². The molecule has 2 N–H and O–H groups in total. The van der Waals surface area contributed by atoms with Crippen LogP contribution in [0, 0.1) is 5.92 Å². The Morgan fingerprint density at radius 1 is 1.44 bits per heavy atom. The van der Waals surface area contributed by atoms with Gasteiger partial charge in [-0.25, -0.2) is 9.97 Å². The highest BCUT2D eigenvalue weighted by Crippen LogP contribution is 2.14. The lowest BCUT2D eigenvalue weighted by atomic mass is 10.2. The fraction of sp³-hybridized carbons (Fsp3) is 0.636. The molecule has 1 rings (SSSR count). The molecule has 5 nitrogen and oxygen atoms in total. The van der Waals surface area contributed by atoms with Crippen molar-refractivity contribution in [3.05, 3.63) is 11.9 Å². The van der Waals surface area contributed by atoms with E-state index in [9.17, 15) is 0 Å². The second-order valence-electron chi connectivity index (χ2n) is 4.27. The van der Waals surface area contributed by atoms with E-state index in [-0.39, 0.29) is 0 Å².